The van der Waals surface area contributed by atoms with E-state index in [2.05, 4.69) is 14.8 Å². The Hall–Kier alpha value is -3.52. The summed E-state index contributed by atoms with van der Waals surface area (Å²) in [5.74, 6) is 1.90. The van der Waals surface area contributed by atoms with Gasteiger partial charge in [-0.2, -0.15) is 0 Å². The lowest BCUT2D eigenvalue weighted by Crippen LogP contribution is -2.08. The predicted molar refractivity (Wildman–Crippen MR) is 122 cm³/mol. The van der Waals surface area contributed by atoms with Gasteiger partial charge in [-0.05, 0) is 49.7 Å². The zero-order valence-corrected chi connectivity index (χ0v) is 18.6. The molecule has 7 nitrogen and oxygen atoms in total. The number of aromatic nitrogens is 4. The van der Waals surface area contributed by atoms with Crippen molar-refractivity contribution < 1.29 is 14.3 Å². The molecule has 0 amide bonds. The van der Waals surface area contributed by atoms with Gasteiger partial charge in [0, 0.05) is 29.2 Å². The minimum absolute atomic E-state index is 0.0719. The van der Waals surface area contributed by atoms with Gasteiger partial charge in [-0.15, -0.1) is 10.2 Å². The number of ketones is 1. The lowest BCUT2D eigenvalue weighted by molar-refractivity contribution is 0.102. The van der Waals surface area contributed by atoms with Gasteiger partial charge < -0.3 is 14.0 Å². The van der Waals surface area contributed by atoms with Gasteiger partial charge in [-0.1, -0.05) is 36.0 Å². The second-order valence-corrected chi connectivity index (χ2v) is 8.53. The SMILES string of the molecule is Cc1cc(C(=O)CSc2nncn2-c2ccccc2)c(C)n1Cc1ccc2c(c1)OCO2. The molecule has 5 rings (SSSR count). The van der Waals surface area contributed by atoms with E-state index >= 15 is 0 Å². The van der Waals surface area contributed by atoms with E-state index in [4.69, 9.17) is 9.47 Å². The van der Waals surface area contributed by atoms with E-state index in [1.807, 2.05) is 73.0 Å². The number of carbonyl (C=O) groups is 1. The van der Waals surface area contributed by atoms with Gasteiger partial charge in [0.15, 0.2) is 22.4 Å². The normalized spacial score (nSPS) is 12.3. The number of hydrogen-bond donors (Lipinski definition) is 0. The second kappa shape index (κ2) is 8.55. The molecule has 0 N–H and O–H groups in total. The number of benzene rings is 2. The van der Waals surface area contributed by atoms with E-state index in [1.165, 1.54) is 11.8 Å². The van der Waals surface area contributed by atoms with Crippen LogP contribution < -0.4 is 9.47 Å². The van der Waals surface area contributed by atoms with Crippen LogP contribution in [-0.2, 0) is 6.54 Å². The monoisotopic (exact) mass is 446 g/mol. The molecule has 0 saturated heterocycles. The maximum Gasteiger partial charge on any atom is 0.231 e. The molecule has 0 unspecified atom stereocenters. The fourth-order valence-corrected chi connectivity index (χ4v) is 4.66. The molecule has 3 heterocycles. The number of carbonyl (C=O) groups excluding carboxylic acids is 1. The van der Waals surface area contributed by atoms with Crippen LogP contribution in [0, 0.1) is 13.8 Å². The lowest BCUT2D eigenvalue weighted by atomic mass is 10.1. The standard InChI is InChI=1S/C24H22N4O3S/c1-16-10-20(17(2)27(16)12-18-8-9-22-23(11-18)31-15-30-22)21(29)13-32-24-26-25-14-28(24)19-6-4-3-5-7-19/h3-11,14H,12-13,15H2,1-2H3. The Balaban J connectivity index is 1.31. The van der Waals surface area contributed by atoms with Crippen LogP contribution in [0.2, 0.25) is 0 Å². The Morgan fingerprint density at radius 3 is 2.72 bits per heavy atom. The van der Waals surface area contributed by atoms with Crippen LogP contribution in [0.5, 0.6) is 11.5 Å². The molecular formula is C24H22N4O3S. The van der Waals surface area contributed by atoms with Gasteiger partial charge in [0.1, 0.15) is 6.33 Å². The second-order valence-electron chi connectivity index (χ2n) is 7.59. The zero-order valence-electron chi connectivity index (χ0n) is 17.8. The fourth-order valence-electron chi connectivity index (χ4n) is 3.84. The number of thioether (sulfide) groups is 1. The smallest absolute Gasteiger partial charge is 0.231 e. The number of Topliss-reactive ketones (excluding diaryl/α,β-unsaturated/α-hetero) is 1. The molecule has 0 saturated carbocycles. The molecule has 162 valence electrons. The third-order valence-electron chi connectivity index (χ3n) is 5.53. The first-order chi connectivity index (χ1) is 15.6. The Labute approximate surface area is 190 Å². The fraction of sp³-hybridized carbons (Fsp3) is 0.208. The quantitative estimate of drug-likeness (QED) is 0.309. The van der Waals surface area contributed by atoms with E-state index in [-0.39, 0.29) is 12.6 Å². The van der Waals surface area contributed by atoms with E-state index in [1.54, 1.807) is 6.33 Å². The van der Waals surface area contributed by atoms with E-state index in [0.29, 0.717) is 17.5 Å². The first-order valence-electron chi connectivity index (χ1n) is 10.3. The van der Waals surface area contributed by atoms with Crippen LogP contribution in [0.25, 0.3) is 5.69 Å². The Morgan fingerprint density at radius 2 is 1.88 bits per heavy atom. The number of nitrogens with zero attached hydrogens (tertiary/aromatic N) is 4. The van der Waals surface area contributed by atoms with E-state index < -0.39 is 0 Å². The van der Waals surface area contributed by atoms with Gasteiger partial charge in [0.25, 0.3) is 0 Å². The molecule has 4 aromatic rings. The highest BCUT2D eigenvalue weighted by Gasteiger charge is 2.19. The lowest BCUT2D eigenvalue weighted by Gasteiger charge is -2.11. The van der Waals surface area contributed by atoms with Gasteiger partial charge in [-0.25, -0.2) is 0 Å². The minimum Gasteiger partial charge on any atom is -0.454 e. The maximum absolute atomic E-state index is 13.1. The van der Waals surface area contributed by atoms with E-state index in [9.17, 15) is 4.79 Å². The first-order valence-corrected chi connectivity index (χ1v) is 11.3. The van der Waals surface area contributed by atoms with Crippen LogP contribution in [0.15, 0.2) is 66.1 Å². The largest absolute Gasteiger partial charge is 0.454 e. The van der Waals surface area contributed by atoms with Crippen LogP contribution in [0.1, 0.15) is 27.3 Å². The highest BCUT2D eigenvalue weighted by atomic mass is 32.2. The van der Waals surface area contributed by atoms with Gasteiger partial charge in [0.05, 0.1) is 5.75 Å². The van der Waals surface area contributed by atoms with Crippen molar-refractivity contribution in [3.63, 3.8) is 0 Å². The maximum atomic E-state index is 13.1. The summed E-state index contributed by atoms with van der Waals surface area (Å²) < 4.78 is 14.9. The van der Waals surface area contributed by atoms with Gasteiger partial charge in [0.2, 0.25) is 6.79 Å². The van der Waals surface area contributed by atoms with Crippen molar-refractivity contribution in [3.8, 4) is 17.2 Å². The van der Waals surface area contributed by atoms with Gasteiger partial charge in [-0.3, -0.25) is 9.36 Å². The summed E-state index contributed by atoms with van der Waals surface area (Å²) in [6, 6.07) is 17.8. The molecule has 2 aromatic carbocycles. The summed E-state index contributed by atoms with van der Waals surface area (Å²) in [5.41, 5.74) is 4.80. The summed E-state index contributed by atoms with van der Waals surface area (Å²) in [6.45, 7) is 4.94. The Bertz CT molecular complexity index is 1280. The summed E-state index contributed by atoms with van der Waals surface area (Å²) in [4.78, 5) is 13.1. The number of hydrogen-bond acceptors (Lipinski definition) is 6. The van der Waals surface area contributed by atoms with Crippen molar-refractivity contribution in [2.75, 3.05) is 12.5 Å². The first kappa shape index (κ1) is 20.4. The molecule has 0 aliphatic carbocycles. The van der Waals surface area contributed by atoms with Crippen molar-refractivity contribution in [2.24, 2.45) is 0 Å². The summed E-state index contributed by atoms with van der Waals surface area (Å²) in [7, 11) is 0. The molecule has 0 atom stereocenters. The van der Waals surface area contributed by atoms with Crippen molar-refractivity contribution in [2.45, 2.75) is 25.5 Å². The molecule has 0 bridgehead atoms. The molecule has 0 radical (unpaired) electrons. The molecule has 0 fully saturated rings. The Morgan fingerprint density at radius 1 is 1.06 bits per heavy atom. The zero-order chi connectivity index (χ0) is 22.1. The predicted octanol–water partition coefficient (Wildman–Crippen LogP) is 4.44. The van der Waals surface area contributed by atoms with Gasteiger partial charge >= 0.3 is 0 Å². The average Bonchev–Trinajstić information content (AvgIpc) is 3.53. The van der Waals surface area contributed by atoms with Crippen LogP contribution in [0.3, 0.4) is 0 Å². The number of fused-ring (bicyclic) bond motifs is 1. The Kier molecular flexibility index (Phi) is 5.45. The highest BCUT2D eigenvalue weighted by molar-refractivity contribution is 7.99. The van der Waals surface area contributed by atoms with Crippen LogP contribution in [-0.4, -0.2) is 37.7 Å². The molecule has 2 aromatic heterocycles. The number of rotatable bonds is 7. The molecule has 1 aliphatic heterocycles. The molecule has 8 heteroatoms. The van der Waals surface area contributed by atoms with Crippen molar-refractivity contribution >= 4 is 17.5 Å². The van der Waals surface area contributed by atoms with E-state index in [0.717, 1.165) is 39.7 Å². The van der Waals surface area contributed by atoms with Crippen molar-refractivity contribution in [1.82, 2.24) is 19.3 Å². The molecular weight excluding hydrogens is 424 g/mol. The van der Waals surface area contributed by atoms with Crippen LogP contribution in [0.4, 0.5) is 0 Å². The summed E-state index contributed by atoms with van der Waals surface area (Å²) in [6.07, 6.45) is 1.67. The third-order valence-corrected chi connectivity index (χ3v) is 6.48. The van der Waals surface area contributed by atoms with Crippen LogP contribution >= 0.6 is 11.8 Å². The van der Waals surface area contributed by atoms with Crippen molar-refractivity contribution in [1.29, 1.82) is 0 Å². The minimum atomic E-state index is 0.0719. The van der Waals surface area contributed by atoms with Crippen molar-refractivity contribution in [3.05, 3.63) is 83.4 Å². The number of ether oxygens (including phenoxy) is 2. The summed E-state index contributed by atoms with van der Waals surface area (Å²) >= 11 is 1.39. The number of para-hydroxylation sites is 1. The third kappa shape index (κ3) is 3.89. The topological polar surface area (TPSA) is 71.2 Å². The molecule has 0 spiro atoms. The average molecular weight is 447 g/mol. The molecule has 1 aliphatic rings. The molecule has 32 heavy (non-hydrogen) atoms. The summed E-state index contributed by atoms with van der Waals surface area (Å²) in [5, 5.41) is 8.89. The highest BCUT2D eigenvalue weighted by Crippen LogP contribution is 2.33. The number of aryl methyl sites for hydroxylation is 1.